The number of hydrogen-bond donors (Lipinski definition) is 1. The highest BCUT2D eigenvalue weighted by Crippen LogP contribution is 2.25. The molecule has 0 amide bonds. The lowest BCUT2D eigenvalue weighted by molar-refractivity contribution is 0.738. The molecule has 0 bridgehead atoms. The van der Waals surface area contributed by atoms with E-state index in [1.807, 2.05) is 18.7 Å². The molecule has 0 heterocycles. The van der Waals surface area contributed by atoms with Crippen molar-refractivity contribution < 1.29 is 0 Å². The summed E-state index contributed by atoms with van der Waals surface area (Å²) in [4.78, 5) is 1.33. The van der Waals surface area contributed by atoms with E-state index in [1.165, 1.54) is 21.6 Å². The van der Waals surface area contributed by atoms with Gasteiger partial charge in [0.1, 0.15) is 0 Å². The summed E-state index contributed by atoms with van der Waals surface area (Å²) in [6, 6.07) is 17.7. The van der Waals surface area contributed by atoms with Gasteiger partial charge in [-0.1, -0.05) is 43.3 Å². The lowest BCUT2D eigenvalue weighted by Gasteiger charge is -2.08. The van der Waals surface area contributed by atoms with Crippen LogP contribution >= 0.6 is 11.8 Å². The van der Waals surface area contributed by atoms with Gasteiger partial charge in [-0.05, 0) is 47.9 Å². The molecule has 0 radical (unpaired) electrons. The van der Waals surface area contributed by atoms with Crippen molar-refractivity contribution in [1.29, 1.82) is 0 Å². The van der Waals surface area contributed by atoms with Gasteiger partial charge in [-0.15, -0.1) is 11.8 Å². The minimum absolute atomic E-state index is 0.207. The molecule has 0 aromatic heterocycles. The first-order valence-electron chi connectivity index (χ1n) is 6.77. The van der Waals surface area contributed by atoms with Crippen molar-refractivity contribution in [2.75, 3.05) is 5.75 Å². The highest BCUT2D eigenvalue weighted by molar-refractivity contribution is 7.99. The molecule has 2 N–H and O–H groups in total. The van der Waals surface area contributed by atoms with Gasteiger partial charge in [-0.3, -0.25) is 0 Å². The van der Waals surface area contributed by atoms with Crippen LogP contribution in [0.25, 0.3) is 11.1 Å². The van der Waals surface area contributed by atoms with Crippen molar-refractivity contribution in [2.24, 2.45) is 5.73 Å². The normalized spacial score (nSPS) is 12.4. The molecule has 0 saturated heterocycles. The first kappa shape index (κ1) is 14.2. The van der Waals surface area contributed by atoms with Gasteiger partial charge in [0.05, 0.1) is 0 Å². The summed E-state index contributed by atoms with van der Waals surface area (Å²) < 4.78 is 0. The van der Waals surface area contributed by atoms with E-state index in [1.54, 1.807) is 0 Å². The summed E-state index contributed by atoms with van der Waals surface area (Å²) in [5.41, 5.74) is 9.71. The Balaban J connectivity index is 2.21. The summed E-state index contributed by atoms with van der Waals surface area (Å²) in [6.07, 6.45) is 0.928. The van der Waals surface area contributed by atoms with Crippen LogP contribution in [0, 0.1) is 0 Å². The molecule has 19 heavy (non-hydrogen) atoms. The molecule has 0 aliphatic rings. The lowest BCUT2D eigenvalue weighted by atomic mass is 10.0. The van der Waals surface area contributed by atoms with E-state index in [-0.39, 0.29) is 6.04 Å². The third-order valence-electron chi connectivity index (χ3n) is 2.98. The van der Waals surface area contributed by atoms with E-state index in [0.717, 1.165) is 12.2 Å². The average Bonchev–Trinajstić information content (AvgIpc) is 2.39. The summed E-state index contributed by atoms with van der Waals surface area (Å²) >= 11 is 1.87. The van der Waals surface area contributed by atoms with Gasteiger partial charge in [0.2, 0.25) is 0 Å². The fourth-order valence-corrected chi connectivity index (χ4v) is 2.82. The topological polar surface area (TPSA) is 26.0 Å². The summed E-state index contributed by atoms with van der Waals surface area (Å²) in [7, 11) is 0. The Morgan fingerprint density at radius 1 is 1.05 bits per heavy atom. The zero-order valence-electron chi connectivity index (χ0n) is 11.6. The van der Waals surface area contributed by atoms with Crippen LogP contribution in [0.15, 0.2) is 53.4 Å². The molecule has 1 atom stereocenters. The molecule has 100 valence electrons. The van der Waals surface area contributed by atoms with Crippen LogP contribution in [0.2, 0.25) is 0 Å². The Kier molecular flexibility index (Phi) is 5.06. The monoisotopic (exact) mass is 271 g/mol. The third-order valence-corrected chi connectivity index (χ3v) is 3.88. The fraction of sp³-hybridized carbons (Fsp3) is 0.294. The predicted molar refractivity (Wildman–Crippen MR) is 85.6 cm³/mol. The Labute approximate surface area is 120 Å². The molecule has 0 saturated carbocycles. The fourth-order valence-electron chi connectivity index (χ4n) is 2.16. The first-order valence-corrected chi connectivity index (χ1v) is 7.75. The van der Waals surface area contributed by atoms with Gasteiger partial charge >= 0.3 is 0 Å². The van der Waals surface area contributed by atoms with Crippen molar-refractivity contribution in [2.45, 2.75) is 31.2 Å². The molecular formula is C17H21NS. The van der Waals surface area contributed by atoms with Crippen LogP contribution in [-0.4, -0.2) is 11.8 Å². The highest BCUT2D eigenvalue weighted by Gasteiger charge is 2.02. The number of hydrogen-bond acceptors (Lipinski definition) is 2. The Bertz CT molecular complexity index is 517. The molecular weight excluding hydrogens is 250 g/mol. The van der Waals surface area contributed by atoms with Gasteiger partial charge in [-0.2, -0.15) is 0 Å². The second kappa shape index (κ2) is 6.78. The summed E-state index contributed by atoms with van der Waals surface area (Å²) in [5, 5.41) is 0. The van der Waals surface area contributed by atoms with Crippen LogP contribution in [0.5, 0.6) is 0 Å². The van der Waals surface area contributed by atoms with Crippen molar-refractivity contribution in [3.05, 3.63) is 54.1 Å². The molecule has 1 unspecified atom stereocenters. The standard InChI is InChI=1S/C17H21NS/c1-3-19-17-9-7-15(8-10-17)16-6-4-5-14(12-16)11-13(2)18/h4-10,12-13H,3,11,18H2,1-2H3. The SMILES string of the molecule is CCSc1ccc(-c2cccc(CC(C)N)c2)cc1. The van der Waals surface area contributed by atoms with Gasteiger partial charge < -0.3 is 5.73 Å². The maximum Gasteiger partial charge on any atom is 0.00722 e. The van der Waals surface area contributed by atoms with E-state index in [9.17, 15) is 0 Å². The van der Waals surface area contributed by atoms with Crippen LogP contribution in [-0.2, 0) is 6.42 Å². The summed E-state index contributed by atoms with van der Waals surface area (Å²) in [5.74, 6) is 1.11. The molecule has 2 rings (SSSR count). The molecule has 0 aliphatic carbocycles. The van der Waals surface area contributed by atoms with Crippen molar-refractivity contribution >= 4 is 11.8 Å². The molecule has 2 aromatic rings. The van der Waals surface area contributed by atoms with Gasteiger partial charge in [0.25, 0.3) is 0 Å². The zero-order valence-corrected chi connectivity index (χ0v) is 12.4. The van der Waals surface area contributed by atoms with Gasteiger partial charge in [-0.25, -0.2) is 0 Å². The smallest absolute Gasteiger partial charge is 0.00722 e. The second-order valence-electron chi connectivity index (χ2n) is 4.84. The van der Waals surface area contributed by atoms with Crippen molar-refractivity contribution in [3.8, 4) is 11.1 Å². The Morgan fingerprint density at radius 3 is 2.42 bits per heavy atom. The van der Waals surface area contributed by atoms with Gasteiger partial charge in [0.15, 0.2) is 0 Å². The minimum Gasteiger partial charge on any atom is -0.328 e. The van der Waals surface area contributed by atoms with Crippen LogP contribution in [0.4, 0.5) is 0 Å². The maximum absolute atomic E-state index is 5.86. The number of benzene rings is 2. The molecule has 2 heteroatoms. The Morgan fingerprint density at radius 2 is 1.79 bits per heavy atom. The van der Waals surface area contributed by atoms with Crippen LogP contribution in [0.3, 0.4) is 0 Å². The number of nitrogens with two attached hydrogens (primary N) is 1. The zero-order chi connectivity index (χ0) is 13.7. The molecule has 0 fully saturated rings. The summed E-state index contributed by atoms with van der Waals surface area (Å²) in [6.45, 7) is 4.22. The minimum atomic E-state index is 0.207. The number of rotatable bonds is 5. The number of thioether (sulfide) groups is 1. The molecule has 0 aliphatic heterocycles. The quantitative estimate of drug-likeness (QED) is 0.818. The van der Waals surface area contributed by atoms with E-state index in [0.29, 0.717) is 0 Å². The maximum atomic E-state index is 5.86. The predicted octanol–water partition coefficient (Wildman–Crippen LogP) is 4.36. The lowest BCUT2D eigenvalue weighted by Crippen LogP contribution is -2.17. The first-order chi connectivity index (χ1) is 9.19. The average molecular weight is 271 g/mol. The molecule has 1 nitrogen and oxygen atoms in total. The van der Waals surface area contributed by atoms with Crippen molar-refractivity contribution in [1.82, 2.24) is 0 Å². The van der Waals surface area contributed by atoms with Crippen molar-refractivity contribution in [3.63, 3.8) is 0 Å². The van der Waals surface area contributed by atoms with Gasteiger partial charge in [0, 0.05) is 10.9 Å². The van der Waals surface area contributed by atoms with Crippen LogP contribution in [0.1, 0.15) is 19.4 Å². The highest BCUT2D eigenvalue weighted by atomic mass is 32.2. The second-order valence-corrected chi connectivity index (χ2v) is 6.18. The largest absolute Gasteiger partial charge is 0.328 e. The van der Waals surface area contributed by atoms with Crippen LogP contribution < -0.4 is 5.73 Å². The Hall–Kier alpha value is -1.25. The van der Waals surface area contributed by atoms with E-state index in [2.05, 4.69) is 55.5 Å². The molecule has 2 aromatic carbocycles. The van der Waals surface area contributed by atoms with E-state index in [4.69, 9.17) is 5.73 Å². The van der Waals surface area contributed by atoms with E-state index < -0.39 is 0 Å². The third kappa shape index (κ3) is 4.12. The molecule has 0 spiro atoms. The van der Waals surface area contributed by atoms with E-state index >= 15 is 0 Å².